The van der Waals surface area contributed by atoms with Crippen LogP contribution in [0.15, 0.2) is 0 Å². The van der Waals surface area contributed by atoms with Crippen LogP contribution in [0.2, 0.25) is 0 Å². The van der Waals surface area contributed by atoms with Crippen LogP contribution in [0.5, 0.6) is 0 Å². The molecule has 0 bridgehead atoms. The van der Waals surface area contributed by atoms with Crippen molar-refractivity contribution in [3.05, 3.63) is 0 Å². The molecule has 1 heteroatoms. The van der Waals surface area contributed by atoms with Gasteiger partial charge in [0.2, 0.25) is 0 Å². The van der Waals surface area contributed by atoms with Crippen molar-refractivity contribution in [2.24, 2.45) is 5.41 Å². The second kappa shape index (κ2) is 2.50. The number of hydrogen-bond acceptors (Lipinski definition) is 1. The molecule has 0 aromatic rings. The molecular weight excluding hydrogens is 158 g/mol. The highest BCUT2D eigenvalue weighted by molar-refractivity contribution is 5.19. The Morgan fingerprint density at radius 3 is 2.62 bits per heavy atom. The minimum atomic E-state index is 0.696. The summed E-state index contributed by atoms with van der Waals surface area (Å²) in [5, 5.41) is 0. The van der Waals surface area contributed by atoms with E-state index in [0.717, 1.165) is 5.41 Å². The standard InChI is InChI=1S/C12H21N/c1-2-4-12-5-3-9-13(12)10-8-11(12)6-7-11/h2-10H2,1H3/t12-/m1/s1. The first-order valence-electron chi connectivity index (χ1n) is 6.08. The van der Waals surface area contributed by atoms with Gasteiger partial charge in [-0.2, -0.15) is 0 Å². The van der Waals surface area contributed by atoms with Gasteiger partial charge in [0.25, 0.3) is 0 Å². The van der Waals surface area contributed by atoms with E-state index in [9.17, 15) is 0 Å². The summed E-state index contributed by atoms with van der Waals surface area (Å²) in [6.45, 7) is 5.18. The molecule has 0 radical (unpaired) electrons. The van der Waals surface area contributed by atoms with Crippen molar-refractivity contribution in [2.45, 2.75) is 57.4 Å². The number of hydrogen-bond donors (Lipinski definition) is 0. The molecule has 2 aliphatic heterocycles. The van der Waals surface area contributed by atoms with Gasteiger partial charge in [-0.15, -0.1) is 0 Å². The Kier molecular flexibility index (Phi) is 1.59. The normalized spacial score (nSPS) is 41.3. The van der Waals surface area contributed by atoms with Crippen LogP contribution in [0.25, 0.3) is 0 Å². The summed E-state index contributed by atoms with van der Waals surface area (Å²) in [4.78, 5) is 2.84. The van der Waals surface area contributed by atoms with E-state index in [-0.39, 0.29) is 0 Å². The Morgan fingerprint density at radius 2 is 1.92 bits per heavy atom. The smallest absolute Gasteiger partial charge is 0.0266 e. The average molecular weight is 179 g/mol. The van der Waals surface area contributed by atoms with Gasteiger partial charge in [-0.1, -0.05) is 13.3 Å². The van der Waals surface area contributed by atoms with Crippen LogP contribution in [0.4, 0.5) is 0 Å². The van der Waals surface area contributed by atoms with Crippen LogP contribution < -0.4 is 0 Å². The van der Waals surface area contributed by atoms with E-state index in [1.165, 1.54) is 45.2 Å². The average Bonchev–Trinajstić information content (AvgIpc) is 2.73. The number of nitrogens with zero attached hydrogens (tertiary/aromatic N) is 1. The Bertz CT molecular complexity index is 219. The van der Waals surface area contributed by atoms with Gasteiger partial charge in [-0.25, -0.2) is 0 Å². The molecule has 74 valence electrons. The zero-order chi connectivity index (χ0) is 8.94. The first-order chi connectivity index (χ1) is 6.33. The van der Waals surface area contributed by atoms with Crippen LogP contribution in [-0.4, -0.2) is 23.5 Å². The maximum absolute atomic E-state index is 2.84. The molecule has 2 saturated heterocycles. The van der Waals surface area contributed by atoms with Crippen LogP contribution >= 0.6 is 0 Å². The molecule has 3 fully saturated rings. The fraction of sp³-hybridized carbons (Fsp3) is 1.00. The third-order valence-corrected chi connectivity index (χ3v) is 4.99. The molecule has 0 aromatic carbocycles. The van der Waals surface area contributed by atoms with Crippen molar-refractivity contribution in [3.8, 4) is 0 Å². The Balaban J connectivity index is 1.93. The van der Waals surface area contributed by atoms with E-state index in [4.69, 9.17) is 0 Å². The van der Waals surface area contributed by atoms with E-state index < -0.39 is 0 Å². The van der Waals surface area contributed by atoms with Gasteiger partial charge in [0.1, 0.15) is 0 Å². The van der Waals surface area contributed by atoms with Crippen molar-refractivity contribution in [3.63, 3.8) is 0 Å². The zero-order valence-corrected chi connectivity index (χ0v) is 8.81. The summed E-state index contributed by atoms with van der Waals surface area (Å²) in [5.41, 5.74) is 1.52. The lowest BCUT2D eigenvalue weighted by Crippen LogP contribution is -2.43. The van der Waals surface area contributed by atoms with Crippen molar-refractivity contribution in [1.29, 1.82) is 0 Å². The van der Waals surface area contributed by atoms with Crippen molar-refractivity contribution in [1.82, 2.24) is 4.90 Å². The molecule has 3 rings (SSSR count). The minimum Gasteiger partial charge on any atom is -0.297 e. The van der Waals surface area contributed by atoms with Crippen LogP contribution in [0, 0.1) is 5.41 Å². The Morgan fingerprint density at radius 1 is 1.08 bits per heavy atom. The van der Waals surface area contributed by atoms with Crippen LogP contribution in [0.1, 0.15) is 51.9 Å². The lowest BCUT2D eigenvalue weighted by molar-refractivity contribution is 0.123. The molecule has 0 amide bonds. The highest BCUT2D eigenvalue weighted by Crippen LogP contribution is 2.67. The monoisotopic (exact) mass is 179 g/mol. The molecule has 1 atom stereocenters. The van der Waals surface area contributed by atoms with Gasteiger partial charge in [0.05, 0.1) is 0 Å². The van der Waals surface area contributed by atoms with Gasteiger partial charge >= 0.3 is 0 Å². The van der Waals surface area contributed by atoms with Gasteiger partial charge < -0.3 is 0 Å². The molecule has 2 heterocycles. The van der Waals surface area contributed by atoms with Crippen molar-refractivity contribution in [2.75, 3.05) is 13.1 Å². The maximum Gasteiger partial charge on any atom is 0.0266 e. The molecule has 1 aliphatic carbocycles. The summed E-state index contributed by atoms with van der Waals surface area (Å²) in [6.07, 6.45) is 10.5. The van der Waals surface area contributed by atoms with E-state index >= 15 is 0 Å². The molecule has 13 heavy (non-hydrogen) atoms. The van der Waals surface area contributed by atoms with Gasteiger partial charge in [0, 0.05) is 5.54 Å². The third-order valence-electron chi connectivity index (χ3n) is 4.99. The van der Waals surface area contributed by atoms with Gasteiger partial charge in [0.15, 0.2) is 0 Å². The Labute approximate surface area is 81.5 Å². The molecule has 3 aliphatic rings. The summed E-state index contributed by atoms with van der Waals surface area (Å²) in [7, 11) is 0. The first-order valence-corrected chi connectivity index (χ1v) is 6.08. The second-order valence-corrected chi connectivity index (χ2v) is 5.40. The Hall–Kier alpha value is -0.0400. The predicted molar refractivity (Wildman–Crippen MR) is 54.7 cm³/mol. The number of rotatable bonds is 2. The van der Waals surface area contributed by atoms with E-state index in [1.54, 1.807) is 12.8 Å². The van der Waals surface area contributed by atoms with Gasteiger partial charge in [-0.05, 0) is 57.0 Å². The SMILES string of the molecule is CCC[C@]12CCCN1CCC21CC1. The lowest BCUT2D eigenvalue weighted by atomic mass is 9.77. The summed E-state index contributed by atoms with van der Waals surface area (Å²) >= 11 is 0. The van der Waals surface area contributed by atoms with E-state index in [2.05, 4.69) is 11.8 Å². The first kappa shape index (κ1) is 8.28. The van der Waals surface area contributed by atoms with Crippen molar-refractivity contribution >= 4 is 0 Å². The highest BCUT2D eigenvalue weighted by Gasteiger charge is 2.65. The number of fused-ring (bicyclic) bond motifs is 2. The minimum absolute atomic E-state index is 0.696. The molecule has 1 nitrogen and oxygen atoms in total. The third kappa shape index (κ3) is 0.869. The van der Waals surface area contributed by atoms with E-state index in [1.807, 2.05) is 0 Å². The molecule has 0 N–H and O–H groups in total. The zero-order valence-electron chi connectivity index (χ0n) is 8.81. The summed E-state index contributed by atoms with van der Waals surface area (Å²) in [6, 6.07) is 0. The molecular formula is C12H21N. The van der Waals surface area contributed by atoms with Crippen LogP contribution in [-0.2, 0) is 0 Å². The predicted octanol–water partition coefficient (Wildman–Crippen LogP) is 2.81. The lowest BCUT2D eigenvalue weighted by Gasteiger charge is -2.38. The largest absolute Gasteiger partial charge is 0.297 e. The highest BCUT2D eigenvalue weighted by atomic mass is 15.3. The molecule has 0 aromatic heterocycles. The summed E-state index contributed by atoms with van der Waals surface area (Å²) in [5.74, 6) is 0. The topological polar surface area (TPSA) is 3.24 Å². The van der Waals surface area contributed by atoms with Crippen molar-refractivity contribution < 1.29 is 0 Å². The quantitative estimate of drug-likeness (QED) is 0.630. The second-order valence-electron chi connectivity index (χ2n) is 5.40. The molecule has 0 unspecified atom stereocenters. The molecule has 1 spiro atoms. The van der Waals surface area contributed by atoms with E-state index in [0.29, 0.717) is 5.54 Å². The molecule has 1 saturated carbocycles. The fourth-order valence-corrected chi connectivity index (χ4v) is 4.27. The van der Waals surface area contributed by atoms with Crippen LogP contribution in [0.3, 0.4) is 0 Å². The maximum atomic E-state index is 2.84. The summed E-state index contributed by atoms with van der Waals surface area (Å²) < 4.78 is 0. The fourth-order valence-electron chi connectivity index (χ4n) is 4.27. The van der Waals surface area contributed by atoms with Gasteiger partial charge in [-0.3, -0.25) is 4.90 Å².